The Labute approximate surface area is 97.1 Å². The molecule has 0 aromatic heterocycles. The van der Waals surface area contributed by atoms with Gasteiger partial charge >= 0.3 is 0 Å². The van der Waals surface area contributed by atoms with E-state index in [-0.39, 0.29) is 13.2 Å². The Balaban J connectivity index is 2.48. The molecular formula is C10H9Cl2NO2. The van der Waals surface area contributed by atoms with Crippen molar-refractivity contribution in [2.45, 2.75) is 5.41 Å². The topological polar surface area (TPSA) is 52.3 Å². The third kappa shape index (κ3) is 1.61. The van der Waals surface area contributed by atoms with Gasteiger partial charge in [-0.2, -0.15) is 0 Å². The smallest absolute Gasteiger partial charge is 0.232 e. The Hall–Kier alpha value is -0.770. The summed E-state index contributed by atoms with van der Waals surface area (Å²) in [5, 5.41) is 0.980. The zero-order chi connectivity index (χ0) is 11.1. The molecule has 1 heterocycles. The Bertz CT molecular complexity index is 416. The van der Waals surface area contributed by atoms with E-state index in [1.165, 1.54) is 0 Å². The molecule has 15 heavy (non-hydrogen) atoms. The van der Waals surface area contributed by atoms with E-state index in [9.17, 15) is 4.79 Å². The van der Waals surface area contributed by atoms with Crippen LogP contribution in [0, 0.1) is 0 Å². The van der Waals surface area contributed by atoms with Crippen molar-refractivity contribution in [3.8, 4) is 0 Å². The third-order valence-corrected chi connectivity index (χ3v) is 3.16. The average Bonchev–Trinajstić information content (AvgIpc) is 2.05. The fourth-order valence-electron chi connectivity index (χ4n) is 1.61. The van der Waals surface area contributed by atoms with Crippen LogP contribution in [-0.2, 0) is 14.9 Å². The highest BCUT2D eigenvalue weighted by atomic mass is 35.5. The van der Waals surface area contributed by atoms with Gasteiger partial charge in [-0.1, -0.05) is 29.3 Å². The van der Waals surface area contributed by atoms with Crippen LogP contribution in [0.1, 0.15) is 5.56 Å². The molecule has 3 nitrogen and oxygen atoms in total. The van der Waals surface area contributed by atoms with Gasteiger partial charge in [-0.05, 0) is 17.7 Å². The first-order chi connectivity index (χ1) is 7.06. The quantitative estimate of drug-likeness (QED) is 0.864. The van der Waals surface area contributed by atoms with Crippen molar-refractivity contribution in [1.29, 1.82) is 0 Å². The summed E-state index contributed by atoms with van der Waals surface area (Å²) in [5.41, 5.74) is 5.27. The van der Waals surface area contributed by atoms with Crippen LogP contribution in [0.4, 0.5) is 0 Å². The predicted octanol–water partition coefficient (Wildman–Crippen LogP) is 1.75. The maximum Gasteiger partial charge on any atom is 0.232 e. The number of amides is 1. The normalized spacial score (nSPS) is 18.3. The summed E-state index contributed by atoms with van der Waals surface area (Å²) in [4.78, 5) is 11.4. The molecule has 80 valence electrons. The van der Waals surface area contributed by atoms with E-state index in [1.807, 2.05) is 0 Å². The number of carbonyl (C=O) groups is 1. The molecule has 0 spiro atoms. The van der Waals surface area contributed by atoms with E-state index in [0.717, 1.165) is 0 Å². The van der Waals surface area contributed by atoms with Crippen molar-refractivity contribution in [1.82, 2.24) is 0 Å². The average molecular weight is 246 g/mol. The minimum Gasteiger partial charge on any atom is -0.378 e. The zero-order valence-electron chi connectivity index (χ0n) is 7.80. The van der Waals surface area contributed by atoms with Gasteiger partial charge in [0.25, 0.3) is 0 Å². The highest BCUT2D eigenvalue weighted by Crippen LogP contribution is 2.37. The van der Waals surface area contributed by atoms with Crippen LogP contribution in [0.25, 0.3) is 0 Å². The summed E-state index contributed by atoms with van der Waals surface area (Å²) in [5.74, 6) is -0.419. The van der Waals surface area contributed by atoms with E-state index in [2.05, 4.69) is 0 Å². The number of ether oxygens (including phenoxy) is 1. The van der Waals surface area contributed by atoms with Crippen LogP contribution in [0.3, 0.4) is 0 Å². The summed E-state index contributed by atoms with van der Waals surface area (Å²) in [6.45, 7) is 0.563. The van der Waals surface area contributed by atoms with Crippen LogP contribution in [0.2, 0.25) is 10.0 Å². The fraction of sp³-hybridized carbons (Fsp3) is 0.300. The van der Waals surface area contributed by atoms with Gasteiger partial charge in [0.1, 0.15) is 5.41 Å². The molecular weight excluding hydrogens is 237 g/mol. The van der Waals surface area contributed by atoms with Gasteiger partial charge in [0.05, 0.1) is 13.2 Å². The molecule has 0 saturated carbocycles. The summed E-state index contributed by atoms with van der Waals surface area (Å²) in [7, 11) is 0. The lowest BCUT2D eigenvalue weighted by molar-refractivity contribution is -0.141. The molecule has 0 radical (unpaired) electrons. The van der Waals surface area contributed by atoms with Gasteiger partial charge in [-0.15, -0.1) is 0 Å². The first-order valence-electron chi connectivity index (χ1n) is 4.39. The Kier molecular flexibility index (Phi) is 2.63. The lowest BCUT2D eigenvalue weighted by Gasteiger charge is -2.39. The highest BCUT2D eigenvalue weighted by molar-refractivity contribution is 6.35. The SMILES string of the molecule is NC(=O)C1(c2ccc(Cl)cc2Cl)COC1. The van der Waals surface area contributed by atoms with Gasteiger partial charge in [0.15, 0.2) is 0 Å². The zero-order valence-corrected chi connectivity index (χ0v) is 9.31. The first kappa shape index (κ1) is 10.7. The van der Waals surface area contributed by atoms with Crippen molar-refractivity contribution >= 4 is 29.1 Å². The standard InChI is InChI=1S/C10H9Cl2NO2/c11-6-1-2-7(8(12)3-6)10(9(13)14)4-15-5-10/h1-3H,4-5H2,(H2,13,14). The van der Waals surface area contributed by atoms with Crippen molar-refractivity contribution in [3.63, 3.8) is 0 Å². The number of primary amides is 1. The van der Waals surface area contributed by atoms with Crippen molar-refractivity contribution < 1.29 is 9.53 Å². The number of hydrogen-bond acceptors (Lipinski definition) is 2. The van der Waals surface area contributed by atoms with E-state index >= 15 is 0 Å². The number of halogens is 2. The van der Waals surface area contributed by atoms with Crippen molar-refractivity contribution in [3.05, 3.63) is 33.8 Å². The van der Waals surface area contributed by atoms with E-state index in [4.69, 9.17) is 33.7 Å². The molecule has 1 saturated heterocycles. The summed E-state index contributed by atoms with van der Waals surface area (Å²) in [6, 6.07) is 5.01. The van der Waals surface area contributed by atoms with Crippen LogP contribution in [0.15, 0.2) is 18.2 Å². The highest BCUT2D eigenvalue weighted by Gasteiger charge is 2.47. The monoisotopic (exact) mass is 245 g/mol. The molecule has 0 bridgehead atoms. The molecule has 1 aliphatic rings. The Morgan fingerprint density at radius 2 is 2.07 bits per heavy atom. The maximum atomic E-state index is 11.4. The number of nitrogens with two attached hydrogens (primary N) is 1. The molecule has 0 atom stereocenters. The molecule has 0 aliphatic carbocycles. The van der Waals surface area contributed by atoms with Gasteiger partial charge in [-0.25, -0.2) is 0 Å². The second-order valence-corrected chi connectivity index (χ2v) is 4.41. The second kappa shape index (κ2) is 3.67. The largest absolute Gasteiger partial charge is 0.378 e. The van der Waals surface area contributed by atoms with Crippen LogP contribution in [0.5, 0.6) is 0 Å². The molecule has 1 aromatic carbocycles. The lowest BCUT2D eigenvalue weighted by atomic mass is 9.78. The van der Waals surface area contributed by atoms with E-state index in [1.54, 1.807) is 18.2 Å². The number of benzene rings is 1. The predicted molar refractivity (Wildman–Crippen MR) is 58.2 cm³/mol. The molecule has 1 aromatic rings. The van der Waals surface area contributed by atoms with Gasteiger partial charge in [0.2, 0.25) is 5.91 Å². The third-order valence-electron chi connectivity index (χ3n) is 2.62. The molecule has 1 fully saturated rings. The second-order valence-electron chi connectivity index (χ2n) is 3.56. The number of hydrogen-bond donors (Lipinski definition) is 1. The van der Waals surface area contributed by atoms with E-state index in [0.29, 0.717) is 15.6 Å². The molecule has 2 rings (SSSR count). The Morgan fingerprint density at radius 3 is 2.47 bits per heavy atom. The fourth-order valence-corrected chi connectivity index (χ4v) is 2.20. The van der Waals surface area contributed by atoms with Gasteiger partial charge < -0.3 is 10.5 Å². The Morgan fingerprint density at radius 1 is 1.40 bits per heavy atom. The summed E-state index contributed by atoms with van der Waals surface area (Å²) < 4.78 is 5.05. The molecule has 5 heteroatoms. The van der Waals surface area contributed by atoms with Gasteiger partial charge in [-0.3, -0.25) is 4.79 Å². The van der Waals surface area contributed by atoms with Crippen molar-refractivity contribution in [2.24, 2.45) is 5.73 Å². The lowest BCUT2D eigenvalue weighted by Crippen LogP contribution is -2.56. The number of carbonyl (C=O) groups excluding carboxylic acids is 1. The molecule has 2 N–H and O–H groups in total. The maximum absolute atomic E-state index is 11.4. The summed E-state index contributed by atoms with van der Waals surface area (Å²) in [6.07, 6.45) is 0. The van der Waals surface area contributed by atoms with Gasteiger partial charge in [0, 0.05) is 10.0 Å². The first-order valence-corrected chi connectivity index (χ1v) is 5.15. The van der Waals surface area contributed by atoms with Crippen LogP contribution in [-0.4, -0.2) is 19.1 Å². The van der Waals surface area contributed by atoms with Crippen molar-refractivity contribution in [2.75, 3.05) is 13.2 Å². The number of rotatable bonds is 2. The molecule has 0 unspecified atom stereocenters. The van der Waals surface area contributed by atoms with Crippen LogP contribution < -0.4 is 5.73 Å². The molecule has 1 aliphatic heterocycles. The molecule has 1 amide bonds. The summed E-state index contributed by atoms with van der Waals surface area (Å²) >= 11 is 11.8. The van der Waals surface area contributed by atoms with E-state index < -0.39 is 11.3 Å². The minimum atomic E-state index is -0.776. The minimum absolute atomic E-state index is 0.281. The van der Waals surface area contributed by atoms with Crippen LogP contribution >= 0.6 is 23.2 Å².